The molecule has 16 heteroatoms. The Bertz CT molecular complexity index is 440. The molecule has 0 aromatic heterocycles. The zero-order chi connectivity index (χ0) is 15.8. The van der Waals surface area contributed by atoms with Gasteiger partial charge >= 0.3 is 45.2 Å². The van der Waals surface area contributed by atoms with Crippen LogP contribution < -0.4 is 29.6 Å². The van der Waals surface area contributed by atoms with Crippen LogP contribution in [0.3, 0.4) is 0 Å². The van der Waals surface area contributed by atoms with Crippen LogP contribution in [-0.4, -0.2) is 77.7 Å². The third kappa shape index (κ3) is 7.73. The van der Waals surface area contributed by atoms with Crippen LogP contribution >= 0.6 is 15.6 Å². The van der Waals surface area contributed by atoms with E-state index >= 15 is 0 Å². The first-order chi connectivity index (χ1) is 8.84. The minimum atomic E-state index is -4.96. The smallest absolute Gasteiger partial charge is 1.00 e. The molecule has 130 valence electrons. The van der Waals surface area contributed by atoms with Gasteiger partial charge in [0, 0.05) is 0 Å². The summed E-state index contributed by atoms with van der Waals surface area (Å²) in [6, 6.07) is 0. The quantitative estimate of drug-likeness (QED) is 0.168. The Morgan fingerprint density at radius 2 is 1.55 bits per heavy atom. The molecule has 1 saturated heterocycles. The molecule has 13 nitrogen and oxygen atoms in total. The fourth-order valence-electron chi connectivity index (χ4n) is 1.47. The molecule has 0 radical (unpaired) electrons. The molecular formula is C6H17NaO13P2. The first-order valence-electron chi connectivity index (χ1n) is 5.00. The summed E-state index contributed by atoms with van der Waals surface area (Å²) in [6.45, 7) is -2.05. The molecule has 0 amide bonds. The molecule has 0 aromatic rings. The number of rotatable bonds is 6. The van der Waals surface area contributed by atoms with E-state index in [0.717, 1.165) is 0 Å². The average molecular weight is 382 g/mol. The largest absolute Gasteiger partial charge is 1.00 e. The summed E-state index contributed by atoms with van der Waals surface area (Å²) >= 11 is 0. The van der Waals surface area contributed by atoms with Gasteiger partial charge in [0.05, 0.1) is 6.61 Å². The average Bonchev–Trinajstić information content (AvgIpc) is 2.48. The second-order valence-corrected chi connectivity index (χ2v) is 6.47. The summed E-state index contributed by atoms with van der Waals surface area (Å²) in [5.41, 5.74) is 0. The van der Waals surface area contributed by atoms with E-state index in [9.17, 15) is 24.4 Å². The molecule has 4 atom stereocenters. The van der Waals surface area contributed by atoms with Gasteiger partial charge in [-0.15, -0.1) is 0 Å². The standard InChI is InChI=1S/C6H14O12P2.Na.H2O.H/c7-4-3(1-16-19(10,11)12)18-6(9,5(4)8)2-17-20(13,14)15;;;/h3-5,7-9H,1-2H2,(H2,10,11,12)(H2,13,14,15);;1H2;/q;+1;;-1/t3-,4-,5+,6-;;;/m1.../s1. The molecular weight excluding hydrogens is 365 g/mol. The number of ether oxygens (including phenoxy) is 1. The molecule has 0 aromatic carbocycles. The van der Waals surface area contributed by atoms with E-state index in [2.05, 4.69) is 13.8 Å². The number of hydrogen-bond donors (Lipinski definition) is 7. The van der Waals surface area contributed by atoms with E-state index < -0.39 is 53.0 Å². The van der Waals surface area contributed by atoms with Gasteiger partial charge in [0.1, 0.15) is 24.9 Å². The van der Waals surface area contributed by atoms with E-state index in [1.807, 2.05) is 0 Å². The van der Waals surface area contributed by atoms with E-state index in [1.165, 1.54) is 0 Å². The third-order valence-electron chi connectivity index (χ3n) is 2.37. The predicted octanol–water partition coefficient (Wildman–Crippen LogP) is -6.69. The van der Waals surface area contributed by atoms with Gasteiger partial charge in [-0.2, -0.15) is 0 Å². The van der Waals surface area contributed by atoms with Crippen molar-refractivity contribution in [2.75, 3.05) is 13.2 Å². The normalized spacial score (nSPS) is 32.2. The van der Waals surface area contributed by atoms with Crippen LogP contribution in [0, 0.1) is 0 Å². The topological polar surface area (TPSA) is 235 Å². The van der Waals surface area contributed by atoms with Crippen LogP contribution in [0.2, 0.25) is 0 Å². The van der Waals surface area contributed by atoms with Crippen LogP contribution in [-0.2, 0) is 22.9 Å². The molecule has 1 aliphatic rings. The summed E-state index contributed by atoms with van der Waals surface area (Å²) in [5, 5.41) is 28.8. The maximum absolute atomic E-state index is 10.5. The number of phosphoric acid groups is 2. The van der Waals surface area contributed by atoms with Crippen LogP contribution in [0.4, 0.5) is 0 Å². The maximum atomic E-state index is 10.5. The fraction of sp³-hybridized carbons (Fsp3) is 1.00. The Labute approximate surface area is 147 Å². The molecule has 1 rings (SSSR count). The molecule has 1 fully saturated rings. The van der Waals surface area contributed by atoms with E-state index in [-0.39, 0.29) is 36.5 Å². The SMILES string of the molecule is O.O=P(O)(O)OC[C@H]1O[C@](O)(COP(=O)(O)O)[C@@H](O)[C@@H]1O.[H-].[Na+]. The van der Waals surface area contributed by atoms with Crippen LogP contribution in [0.1, 0.15) is 1.43 Å². The predicted molar refractivity (Wildman–Crippen MR) is 62.6 cm³/mol. The first kappa shape index (κ1) is 25.3. The summed E-state index contributed by atoms with van der Waals surface area (Å²) < 4.78 is 33.6. The van der Waals surface area contributed by atoms with Gasteiger partial charge in [-0.3, -0.25) is 9.05 Å². The number of aliphatic hydroxyl groups excluding tert-OH is 2. The van der Waals surface area contributed by atoms with Crippen LogP contribution in [0.25, 0.3) is 0 Å². The Hall–Kier alpha value is 1.02. The van der Waals surface area contributed by atoms with Gasteiger partial charge in [-0.05, 0) is 0 Å². The van der Waals surface area contributed by atoms with Gasteiger partial charge in [0.25, 0.3) is 0 Å². The Morgan fingerprint density at radius 3 is 1.95 bits per heavy atom. The fourth-order valence-corrected chi connectivity index (χ4v) is 2.17. The molecule has 0 aliphatic carbocycles. The Morgan fingerprint density at radius 1 is 1.09 bits per heavy atom. The number of phosphoric ester groups is 2. The monoisotopic (exact) mass is 382 g/mol. The van der Waals surface area contributed by atoms with Gasteiger partial charge in [0.2, 0.25) is 5.79 Å². The minimum absolute atomic E-state index is 0. The van der Waals surface area contributed by atoms with Gasteiger partial charge in [-0.1, -0.05) is 0 Å². The van der Waals surface area contributed by atoms with Crippen molar-refractivity contribution in [1.29, 1.82) is 0 Å². The first-order valence-corrected chi connectivity index (χ1v) is 8.07. The Kier molecular flexibility index (Phi) is 10.2. The summed E-state index contributed by atoms with van der Waals surface area (Å²) in [7, 11) is -9.82. The summed E-state index contributed by atoms with van der Waals surface area (Å²) in [5.74, 6) is -2.66. The van der Waals surface area contributed by atoms with Crippen molar-refractivity contribution in [3.63, 3.8) is 0 Å². The van der Waals surface area contributed by atoms with Gasteiger partial charge < -0.3 is 46.5 Å². The van der Waals surface area contributed by atoms with Crippen LogP contribution in [0.15, 0.2) is 0 Å². The molecule has 1 aliphatic heterocycles. The molecule has 0 unspecified atom stereocenters. The van der Waals surface area contributed by atoms with Crippen molar-refractivity contribution >= 4 is 15.6 Å². The third-order valence-corrected chi connectivity index (χ3v) is 3.32. The minimum Gasteiger partial charge on any atom is -1.00 e. The van der Waals surface area contributed by atoms with Crippen molar-refractivity contribution < 1.29 is 94.3 Å². The second kappa shape index (κ2) is 8.92. The molecule has 22 heavy (non-hydrogen) atoms. The van der Waals surface area contributed by atoms with E-state index in [1.54, 1.807) is 0 Å². The summed E-state index contributed by atoms with van der Waals surface area (Å²) in [4.78, 5) is 33.9. The number of aliphatic hydroxyl groups is 3. The van der Waals surface area contributed by atoms with Crippen molar-refractivity contribution in [3.8, 4) is 0 Å². The summed E-state index contributed by atoms with van der Waals surface area (Å²) in [6.07, 6.45) is -5.38. The van der Waals surface area contributed by atoms with E-state index in [4.69, 9.17) is 19.6 Å². The Balaban J connectivity index is -0.00000133. The molecule has 0 spiro atoms. The molecule has 0 bridgehead atoms. The van der Waals surface area contributed by atoms with Crippen LogP contribution in [0.5, 0.6) is 0 Å². The zero-order valence-electron chi connectivity index (χ0n) is 12.2. The maximum Gasteiger partial charge on any atom is 1.00 e. The molecule has 0 saturated carbocycles. The number of hydrogen-bond acceptors (Lipinski definition) is 8. The second-order valence-electron chi connectivity index (χ2n) is 3.99. The van der Waals surface area contributed by atoms with Gasteiger partial charge in [-0.25, -0.2) is 9.13 Å². The molecule has 9 N–H and O–H groups in total. The zero-order valence-corrected chi connectivity index (χ0v) is 15.0. The van der Waals surface area contributed by atoms with Crippen molar-refractivity contribution in [2.24, 2.45) is 0 Å². The molecule has 1 heterocycles. The van der Waals surface area contributed by atoms with Crippen molar-refractivity contribution in [1.82, 2.24) is 0 Å². The van der Waals surface area contributed by atoms with Crippen molar-refractivity contribution in [2.45, 2.75) is 24.1 Å². The van der Waals surface area contributed by atoms with Gasteiger partial charge in [0.15, 0.2) is 0 Å². The van der Waals surface area contributed by atoms with Crippen molar-refractivity contribution in [3.05, 3.63) is 0 Å². The van der Waals surface area contributed by atoms with E-state index in [0.29, 0.717) is 0 Å².